The SMILES string of the molecule is O=C(NCC=Cc1ccc2c(c1)CCC2=O)OCC1c2ccccc2-c2ccccc21. The third-order valence-corrected chi connectivity index (χ3v) is 6.07. The van der Waals surface area contributed by atoms with Crippen molar-refractivity contribution in [3.8, 4) is 11.1 Å². The number of amides is 1. The minimum Gasteiger partial charge on any atom is -0.449 e. The molecule has 0 atom stereocenters. The number of hydrogen-bond donors (Lipinski definition) is 1. The Kier molecular flexibility index (Phi) is 5.13. The number of fused-ring (bicyclic) bond motifs is 4. The van der Waals surface area contributed by atoms with Crippen LogP contribution in [-0.4, -0.2) is 25.0 Å². The first-order valence-corrected chi connectivity index (χ1v) is 10.6. The Morgan fingerprint density at radius 1 is 0.935 bits per heavy atom. The highest BCUT2D eigenvalue weighted by Gasteiger charge is 2.28. The normalized spacial score (nSPS) is 14.4. The summed E-state index contributed by atoms with van der Waals surface area (Å²) in [5, 5.41) is 2.78. The maximum Gasteiger partial charge on any atom is 0.407 e. The van der Waals surface area contributed by atoms with E-state index in [9.17, 15) is 9.59 Å². The Bertz CT molecular complexity index is 1150. The predicted octanol–water partition coefficient (Wildman–Crippen LogP) is 5.37. The molecular weight excluding hydrogens is 386 g/mol. The van der Waals surface area contributed by atoms with Gasteiger partial charge in [0.15, 0.2) is 5.78 Å². The highest BCUT2D eigenvalue weighted by Crippen LogP contribution is 2.44. The molecular formula is C27H23NO3. The maximum absolute atomic E-state index is 12.2. The molecule has 0 bridgehead atoms. The lowest BCUT2D eigenvalue weighted by atomic mass is 9.98. The van der Waals surface area contributed by atoms with Gasteiger partial charge in [-0.2, -0.15) is 0 Å². The molecule has 0 saturated heterocycles. The number of nitrogens with one attached hydrogen (secondary N) is 1. The zero-order valence-corrected chi connectivity index (χ0v) is 17.1. The summed E-state index contributed by atoms with van der Waals surface area (Å²) >= 11 is 0. The van der Waals surface area contributed by atoms with Gasteiger partial charge in [-0.05, 0) is 39.8 Å². The van der Waals surface area contributed by atoms with Crippen molar-refractivity contribution >= 4 is 18.0 Å². The van der Waals surface area contributed by atoms with Gasteiger partial charge < -0.3 is 10.1 Å². The Morgan fingerprint density at radius 2 is 1.65 bits per heavy atom. The van der Waals surface area contributed by atoms with Crippen molar-refractivity contribution in [3.63, 3.8) is 0 Å². The molecule has 154 valence electrons. The van der Waals surface area contributed by atoms with Gasteiger partial charge in [-0.25, -0.2) is 4.79 Å². The fourth-order valence-electron chi connectivity index (χ4n) is 4.57. The van der Waals surface area contributed by atoms with Gasteiger partial charge in [0.05, 0.1) is 0 Å². The van der Waals surface area contributed by atoms with Gasteiger partial charge >= 0.3 is 6.09 Å². The van der Waals surface area contributed by atoms with Crippen LogP contribution in [0, 0.1) is 0 Å². The Morgan fingerprint density at radius 3 is 2.39 bits per heavy atom. The number of hydrogen-bond acceptors (Lipinski definition) is 3. The Hall–Kier alpha value is -3.66. The van der Waals surface area contributed by atoms with Crippen LogP contribution in [0.4, 0.5) is 4.79 Å². The molecule has 0 radical (unpaired) electrons. The van der Waals surface area contributed by atoms with Gasteiger partial charge in [-0.15, -0.1) is 0 Å². The van der Waals surface area contributed by atoms with E-state index >= 15 is 0 Å². The summed E-state index contributed by atoms with van der Waals surface area (Å²) in [4.78, 5) is 23.9. The molecule has 0 fully saturated rings. The number of carbonyl (C=O) groups excluding carboxylic acids is 2. The largest absolute Gasteiger partial charge is 0.449 e. The summed E-state index contributed by atoms with van der Waals surface area (Å²) in [5.41, 5.74) is 7.81. The van der Waals surface area contributed by atoms with Crippen molar-refractivity contribution < 1.29 is 14.3 Å². The van der Waals surface area contributed by atoms with E-state index in [1.807, 2.05) is 54.6 Å². The molecule has 4 nitrogen and oxygen atoms in total. The third-order valence-electron chi connectivity index (χ3n) is 6.07. The van der Waals surface area contributed by atoms with Crippen LogP contribution >= 0.6 is 0 Å². The number of ether oxygens (including phenoxy) is 1. The van der Waals surface area contributed by atoms with Crippen LogP contribution in [-0.2, 0) is 11.2 Å². The van der Waals surface area contributed by atoms with Gasteiger partial charge in [0.2, 0.25) is 0 Å². The van der Waals surface area contributed by atoms with E-state index in [-0.39, 0.29) is 11.7 Å². The second-order valence-electron chi connectivity index (χ2n) is 7.95. The summed E-state index contributed by atoms with van der Waals surface area (Å²) in [7, 11) is 0. The van der Waals surface area contributed by atoms with Gasteiger partial charge in [0.25, 0.3) is 0 Å². The van der Waals surface area contributed by atoms with E-state index < -0.39 is 6.09 Å². The first-order valence-electron chi connectivity index (χ1n) is 10.6. The quantitative estimate of drug-likeness (QED) is 0.617. The van der Waals surface area contributed by atoms with Gasteiger partial charge in [0.1, 0.15) is 6.61 Å². The van der Waals surface area contributed by atoms with E-state index in [1.54, 1.807) is 0 Å². The lowest BCUT2D eigenvalue weighted by molar-refractivity contribution is 0.0994. The average molecular weight is 409 g/mol. The smallest absolute Gasteiger partial charge is 0.407 e. The summed E-state index contributed by atoms with van der Waals surface area (Å²) < 4.78 is 5.54. The van der Waals surface area contributed by atoms with Crippen molar-refractivity contribution in [2.45, 2.75) is 18.8 Å². The first kappa shape index (κ1) is 19.3. The minimum atomic E-state index is -0.425. The number of benzene rings is 3. The molecule has 0 spiro atoms. The molecule has 1 N–H and O–H groups in total. The third kappa shape index (κ3) is 3.77. The molecule has 3 aromatic carbocycles. The van der Waals surface area contributed by atoms with Crippen molar-refractivity contribution in [3.05, 3.63) is 101 Å². The molecule has 2 aliphatic rings. The molecule has 0 saturated carbocycles. The molecule has 0 aliphatic heterocycles. The van der Waals surface area contributed by atoms with Gasteiger partial charge in [-0.3, -0.25) is 4.79 Å². The van der Waals surface area contributed by atoms with Gasteiger partial charge in [0, 0.05) is 24.4 Å². The number of Topliss-reactive ketones (excluding diaryl/α,β-unsaturated/α-hetero) is 1. The van der Waals surface area contributed by atoms with E-state index in [0.717, 1.165) is 23.1 Å². The summed E-state index contributed by atoms with van der Waals surface area (Å²) in [6.45, 7) is 0.690. The topological polar surface area (TPSA) is 55.4 Å². The van der Waals surface area contributed by atoms with Crippen molar-refractivity contribution in [2.75, 3.05) is 13.2 Å². The van der Waals surface area contributed by atoms with Gasteiger partial charge in [-0.1, -0.05) is 78.9 Å². The molecule has 1 amide bonds. The molecule has 3 aromatic rings. The van der Waals surface area contributed by atoms with E-state index in [2.05, 4.69) is 29.6 Å². The van der Waals surface area contributed by atoms with E-state index in [4.69, 9.17) is 4.74 Å². The summed E-state index contributed by atoms with van der Waals surface area (Å²) in [6, 6.07) is 22.5. The van der Waals surface area contributed by atoms with Crippen LogP contribution in [0.5, 0.6) is 0 Å². The molecule has 2 aliphatic carbocycles. The molecule has 0 unspecified atom stereocenters. The number of ketones is 1. The maximum atomic E-state index is 12.2. The fraction of sp³-hybridized carbons (Fsp3) is 0.185. The Labute approximate surface area is 181 Å². The number of alkyl carbamates (subject to hydrolysis) is 1. The second-order valence-corrected chi connectivity index (χ2v) is 7.95. The number of rotatable bonds is 5. The predicted molar refractivity (Wildman–Crippen MR) is 121 cm³/mol. The monoisotopic (exact) mass is 409 g/mol. The molecule has 4 heteroatoms. The second kappa shape index (κ2) is 8.23. The van der Waals surface area contributed by atoms with Crippen molar-refractivity contribution in [1.82, 2.24) is 5.32 Å². The van der Waals surface area contributed by atoms with Crippen molar-refractivity contribution in [2.24, 2.45) is 0 Å². The minimum absolute atomic E-state index is 0.0582. The lowest BCUT2D eigenvalue weighted by Crippen LogP contribution is -2.26. The highest BCUT2D eigenvalue weighted by molar-refractivity contribution is 6.00. The molecule has 0 heterocycles. The van der Waals surface area contributed by atoms with Crippen LogP contribution < -0.4 is 5.32 Å². The lowest BCUT2D eigenvalue weighted by Gasteiger charge is -2.14. The highest BCUT2D eigenvalue weighted by atomic mass is 16.5. The zero-order valence-electron chi connectivity index (χ0n) is 17.1. The Balaban J connectivity index is 1.16. The van der Waals surface area contributed by atoms with E-state index in [1.165, 1.54) is 22.3 Å². The number of carbonyl (C=O) groups is 2. The number of aryl methyl sites for hydroxylation is 1. The van der Waals surface area contributed by atoms with Crippen molar-refractivity contribution in [1.29, 1.82) is 0 Å². The fourth-order valence-corrected chi connectivity index (χ4v) is 4.57. The molecule has 31 heavy (non-hydrogen) atoms. The van der Waals surface area contributed by atoms with Crippen LogP contribution in [0.25, 0.3) is 17.2 Å². The molecule has 0 aromatic heterocycles. The summed E-state index contributed by atoms with van der Waals surface area (Å²) in [5.74, 6) is 0.283. The summed E-state index contributed by atoms with van der Waals surface area (Å²) in [6.07, 6.45) is 4.83. The zero-order chi connectivity index (χ0) is 21.2. The average Bonchev–Trinajstić information content (AvgIpc) is 3.33. The van der Waals surface area contributed by atoms with Crippen LogP contribution in [0.1, 0.15) is 45.0 Å². The van der Waals surface area contributed by atoms with Crippen LogP contribution in [0.15, 0.2) is 72.8 Å². The van der Waals surface area contributed by atoms with Crippen LogP contribution in [0.2, 0.25) is 0 Å². The first-order chi connectivity index (χ1) is 15.2. The molecule has 5 rings (SSSR count). The van der Waals surface area contributed by atoms with Crippen LogP contribution in [0.3, 0.4) is 0 Å². The van der Waals surface area contributed by atoms with E-state index in [0.29, 0.717) is 19.6 Å². The standard InChI is InChI=1S/C27H23NO3/c29-26-14-12-19-16-18(11-13-20(19)26)6-5-15-28-27(30)31-17-25-23-9-3-1-7-21(23)22-8-2-4-10-24(22)25/h1-11,13,16,25H,12,14-15,17H2,(H,28,30).